The van der Waals surface area contributed by atoms with Crippen molar-refractivity contribution in [1.82, 2.24) is 4.90 Å². The number of hydrogen-bond donors (Lipinski definition) is 4. The third-order valence-electron chi connectivity index (χ3n) is 12.7. The largest absolute Gasteiger partial charge is 0.456 e. The minimum atomic E-state index is -2.51. The highest BCUT2D eigenvalue weighted by Gasteiger charge is 2.56. The maximum atomic E-state index is 14.3. The predicted molar refractivity (Wildman–Crippen MR) is 210 cm³/mol. The van der Waals surface area contributed by atoms with Crippen LogP contribution in [0.4, 0.5) is 0 Å². The van der Waals surface area contributed by atoms with Gasteiger partial charge < -0.3 is 44.9 Å². The van der Waals surface area contributed by atoms with Crippen molar-refractivity contribution >= 4 is 23.4 Å². The molecule has 13 nitrogen and oxygen atoms in total. The summed E-state index contributed by atoms with van der Waals surface area (Å²) in [6.45, 7) is 13.1. The van der Waals surface area contributed by atoms with E-state index in [1.165, 1.54) is 19.1 Å². The zero-order valence-electron chi connectivity index (χ0n) is 34.6. The number of Topliss-reactive ketones (excluding diaryl/α,β-unsaturated/α-hetero) is 2. The van der Waals surface area contributed by atoms with Gasteiger partial charge in [0.15, 0.2) is 0 Å². The summed E-state index contributed by atoms with van der Waals surface area (Å²) in [4.78, 5) is 57.7. The minimum absolute atomic E-state index is 0.00934. The summed E-state index contributed by atoms with van der Waals surface area (Å²) in [6.07, 6.45) is 5.11. The molecule has 3 aliphatic heterocycles. The fraction of sp³-hybridized carbons (Fsp3) is 0.767. The lowest BCUT2D eigenvalue weighted by Gasteiger charge is -2.47. The van der Waals surface area contributed by atoms with Gasteiger partial charge in [-0.2, -0.15) is 0 Å². The van der Waals surface area contributed by atoms with E-state index in [0.717, 1.165) is 5.57 Å². The standard InChI is InChI=1S/C43H68N2O11/c1-9-12-30-18-24(2)17-25(3)19-36(53-7)39-37(54-8)21-27(5)43(52,56-39)40(49)41(50)45-16-11-10-13-32(45)42(51)55-38(28(6)33(46)23-34(30)47)26(4)20-29-14-15-31(44)35(48)22-29/h9,18,20,25,27-33,35-39,46,48,52H,1,10-17,19,21-23,44H2,2-8H3. The fourth-order valence-electron chi connectivity index (χ4n) is 9.23. The van der Waals surface area contributed by atoms with E-state index in [0.29, 0.717) is 56.9 Å². The van der Waals surface area contributed by atoms with Crippen LogP contribution in [0, 0.1) is 29.6 Å². The molecule has 3 heterocycles. The van der Waals surface area contributed by atoms with Gasteiger partial charge in [0, 0.05) is 51.0 Å². The van der Waals surface area contributed by atoms with Crippen LogP contribution in [0.3, 0.4) is 0 Å². The van der Waals surface area contributed by atoms with Crippen LogP contribution in [0.25, 0.3) is 0 Å². The third-order valence-corrected chi connectivity index (χ3v) is 12.7. The number of aliphatic hydroxyl groups is 3. The van der Waals surface area contributed by atoms with Gasteiger partial charge in [-0.1, -0.05) is 44.6 Å². The van der Waals surface area contributed by atoms with Gasteiger partial charge in [0.1, 0.15) is 24.0 Å². The number of allylic oxidation sites excluding steroid dienone is 4. The first-order chi connectivity index (χ1) is 26.4. The maximum Gasteiger partial charge on any atom is 0.329 e. The summed E-state index contributed by atoms with van der Waals surface area (Å²) in [5.74, 6) is -7.84. The van der Waals surface area contributed by atoms with E-state index in [-0.39, 0.29) is 49.5 Å². The van der Waals surface area contributed by atoms with Crippen LogP contribution in [-0.2, 0) is 38.1 Å². The number of cyclic esters (lactones) is 1. The monoisotopic (exact) mass is 788 g/mol. The predicted octanol–water partition coefficient (Wildman–Crippen LogP) is 3.95. The number of amides is 1. The van der Waals surface area contributed by atoms with E-state index in [2.05, 4.69) is 6.58 Å². The van der Waals surface area contributed by atoms with E-state index in [4.69, 9.17) is 24.7 Å². The van der Waals surface area contributed by atoms with Crippen molar-refractivity contribution in [2.75, 3.05) is 20.8 Å². The quantitative estimate of drug-likeness (QED) is 0.172. The van der Waals surface area contributed by atoms with Crippen LogP contribution in [0.5, 0.6) is 0 Å². The molecule has 0 spiro atoms. The Hall–Kier alpha value is -2.78. The van der Waals surface area contributed by atoms with Gasteiger partial charge >= 0.3 is 5.97 Å². The number of rotatable bonds is 6. The molecule has 2 bridgehead atoms. The highest BCUT2D eigenvalue weighted by atomic mass is 16.7. The second kappa shape index (κ2) is 20.3. The van der Waals surface area contributed by atoms with Gasteiger partial charge in [-0.15, -0.1) is 6.58 Å². The van der Waals surface area contributed by atoms with Crippen molar-refractivity contribution in [3.05, 3.63) is 36.0 Å². The smallest absolute Gasteiger partial charge is 0.329 e. The number of carbonyl (C=O) groups is 4. The van der Waals surface area contributed by atoms with E-state index < -0.39 is 83.9 Å². The number of piperidine rings is 1. The first kappa shape index (κ1) is 45.9. The number of aliphatic hydroxyl groups excluding tert-OH is 2. The van der Waals surface area contributed by atoms with Gasteiger partial charge in [0.25, 0.3) is 11.7 Å². The molecule has 14 unspecified atom stereocenters. The minimum Gasteiger partial charge on any atom is -0.456 e. The number of carbonyl (C=O) groups excluding carboxylic acids is 4. The number of nitrogens with two attached hydrogens (primary N) is 1. The van der Waals surface area contributed by atoms with Crippen molar-refractivity contribution < 1.29 is 53.4 Å². The number of methoxy groups -OCH3 is 2. The summed E-state index contributed by atoms with van der Waals surface area (Å²) in [5.41, 5.74) is 7.65. The molecular formula is C43H68N2O11. The Labute approximate surface area is 333 Å². The van der Waals surface area contributed by atoms with Gasteiger partial charge in [-0.05, 0) is 95.5 Å². The molecule has 14 atom stereocenters. The van der Waals surface area contributed by atoms with E-state index in [9.17, 15) is 34.5 Å². The van der Waals surface area contributed by atoms with Crippen molar-refractivity contribution in [3.63, 3.8) is 0 Å². The fourth-order valence-corrected chi connectivity index (χ4v) is 9.23. The van der Waals surface area contributed by atoms with Crippen molar-refractivity contribution in [2.24, 2.45) is 35.3 Å². The summed E-state index contributed by atoms with van der Waals surface area (Å²) >= 11 is 0. The zero-order chi connectivity index (χ0) is 41.5. The van der Waals surface area contributed by atoms with Gasteiger partial charge in [-0.25, -0.2) is 4.79 Å². The first-order valence-electron chi connectivity index (χ1n) is 20.6. The van der Waals surface area contributed by atoms with Crippen molar-refractivity contribution in [1.29, 1.82) is 0 Å². The van der Waals surface area contributed by atoms with E-state index in [1.54, 1.807) is 26.8 Å². The summed E-state index contributed by atoms with van der Waals surface area (Å²) in [7, 11) is 3.05. The first-order valence-corrected chi connectivity index (χ1v) is 20.6. The van der Waals surface area contributed by atoms with Crippen LogP contribution >= 0.6 is 0 Å². The molecule has 1 amide bonds. The van der Waals surface area contributed by atoms with E-state index >= 15 is 0 Å². The molecular weight excluding hydrogens is 720 g/mol. The van der Waals surface area contributed by atoms with Gasteiger partial charge in [0.2, 0.25) is 5.79 Å². The highest BCUT2D eigenvalue weighted by molar-refractivity contribution is 6.39. The Morgan fingerprint density at radius 2 is 1.68 bits per heavy atom. The summed E-state index contributed by atoms with van der Waals surface area (Å²) in [5, 5.41) is 34.2. The van der Waals surface area contributed by atoms with Crippen LogP contribution < -0.4 is 5.73 Å². The molecule has 0 aromatic heterocycles. The summed E-state index contributed by atoms with van der Waals surface area (Å²) < 4.78 is 24.2. The Bertz CT molecular complexity index is 1460. The molecule has 1 aliphatic carbocycles. The van der Waals surface area contributed by atoms with Gasteiger partial charge in [0.05, 0.1) is 24.4 Å². The third kappa shape index (κ3) is 10.8. The Morgan fingerprint density at radius 3 is 2.32 bits per heavy atom. The second-order valence-electron chi connectivity index (χ2n) is 17.2. The second-order valence-corrected chi connectivity index (χ2v) is 17.2. The summed E-state index contributed by atoms with van der Waals surface area (Å²) in [6, 6.07) is -1.47. The molecule has 5 N–H and O–H groups in total. The molecule has 0 aromatic carbocycles. The number of nitrogens with zero attached hydrogens (tertiary/aromatic N) is 1. The number of ketones is 2. The lowest BCUT2D eigenvalue weighted by Crippen LogP contribution is -2.64. The molecule has 0 aromatic rings. The van der Waals surface area contributed by atoms with Crippen LogP contribution in [0.15, 0.2) is 36.0 Å². The lowest BCUT2D eigenvalue weighted by molar-refractivity contribution is -0.302. The number of fused-ring (bicyclic) bond motifs is 3. The molecule has 4 aliphatic rings. The Kier molecular flexibility index (Phi) is 16.6. The van der Waals surface area contributed by atoms with Crippen LogP contribution in [0.1, 0.15) is 105 Å². The topological polar surface area (TPSA) is 195 Å². The lowest BCUT2D eigenvalue weighted by atomic mass is 9.81. The normalized spacial score (nSPS) is 40.6. The zero-order valence-corrected chi connectivity index (χ0v) is 34.6. The average molecular weight is 789 g/mol. The number of hydrogen-bond acceptors (Lipinski definition) is 12. The Morgan fingerprint density at radius 1 is 1.00 bits per heavy atom. The molecule has 3 fully saturated rings. The SMILES string of the molecule is C=CCC1C=C(C)CC(C)CC(OC)C2OC(O)(C(=O)C(=O)N3CCCCC3C(=O)OC(C(C)=CC3CCC(N)C(O)C3)C(C)C(O)CC1=O)C(C)CC2OC. The maximum absolute atomic E-state index is 14.3. The molecule has 13 heteroatoms. The Balaban J connectivity index is 1.78. The highest BCUT2D eigenvalue weighted by Crippen LogP contribution is 2.39. The number of esters is 1. The molecule has 0 radical (unpaired) electrons. The molecule has 56 heavy (non-hydrogen) atoms. The molecule has 2 saturated heterocycles. The van der Waals surface area contributed by atoms with E-state index in [1.807, 2.05) is 26.0 Å². The van der Waals surface area contributed by atoms with Crippen LogP contribution in [-0.4, -0.2) is 119 Å². The average Bonchev–Trinajstić information content (AvgIpc) is 3.16. The molecule has 1 saturated carbocycles. The van der Waals surface area contributed by atoms with Gasteiger partial charge in [-0.3, -0.25) is 14.4 Å². The molecule has 316 valence electrons. The van der Waals surface area contributed by atoms with Crippen molar-refractivity contribution in [2.45, 2.75) is 160 Å². The molecule has 4 rings (SSSR count). The van der Waals surface area contributed by atoms with Crippen molar-refractivity contribution in [3.8, 4) is 0 Å². The number of ether oxygens (including phenoxy) is 4. The van der Waals surface area contributed by atoms with Crippen LogP contribution in [0.2, 0.25) is 0 Å².